The van der Waals surface area contributed by atoms with Gasteiger partial charge in [0.05, 0.1) is 7.11 Å². The van der Waals surface area contributed by atoms with Crippen LogP contribution in [0.15, 0.2) is 11.6 Å². The molecular weight excluding hydrogens is 202 g/mol. The van der Waals surface area contributed by atoms with Crippen LogP contribution in [0.25, 0.3) is 0 Å². The number of amides is 1. The molecule has 6 nitrogen and oxygen atoms in total. The van der Waals surface area contributed by atoms with Gasteiger partial charge in [-0.3, -0.25) is 14.5 Å². The van der Waals surface area contributed by atoms with E-state index >= 15 is 0 Å². The van der Waals surface area contributed by atoms with E-state index in [4.69, 9.17) is 9.78 Å². The number of carbonyl (C=O) groups is 2. The first kappa shape index (κ1) is 10.1. The van der Waals surface area contributed by atoms with E-state index in [1.165, 1.54) is 12.0 Å². The maximum Gasteiger partial charge on any atom is 0.325 e. The van der Waals surface area contributed by atoms with E-state index in [0.717, 1.165) is 5.57 Å². The molecule has 3 aliphatic heterocycles. The summed E-state index contributed by atoms with van der Waals surface area (Å²) in [6.07, 6.45) is 0.339. The third-order valence-electron chi connectivity index (χ3n) is 2.39. The Bertz CT molecular complexity index is 337. The second-order valence-corrected chi connectivity index (χ2v) is 3.42. The van der Waals surface area contributed by atoms with E-state index in [1.54, 1.807) is 6.08 Å². The first-order valence-corrected chi connectivity index (χ1v) is 4.51. The Kier molecular flexibility index (Phi) is 2.45. The lowest BCUT2D eigenvalue weighted by Gasteiger charge is -2.40. The van der Waals surface area contributed by atoms with Gasteiger partial charge in [-0.05, 0) is 18.6 Å². The van der Waals surface area contributed by atoms with Crippen LogP contribution in [-0.2, 0) is 24.1 Å². The monoisotopic (exact) mass is 213 g/mol. The highest BCUT2D eigenvalue weighted by Crippen LogP contribution is 2.27. The molecule has 0 aromatic rings. The van der Waals surface area contributed by atoms with Crippen LogP contribution >= 0.6 is 0 Å². The van der Waals surface area contributed by atoms with Crippen molar-refractivity contribution >= 4 is 11.9 Å². The zero-order valence-corrected chi connectivity index (χ0v) is 8.43. The smallest absolute Gasteiger partial charge is 0.325 e. The summed E-state index contributed by atoms with van der Waals surface area (Å²) >= 11 is 0. The molecular formula is C9H11NO5. The van der Waals surface area contributed by atoms with Gasteiger partial charge in [0.25, 0.3) is 5.91 Å². The molecule has 6 heteroatoms. The number of nitrogens with zero attached hydrogens (tertiary/aromatic N) is 1. The highest BCUT2D eigenvalue weighted by atomic mass is 17.2. The number of fused-ring (bicyclic) bond motifs is 2. The first-order valence-electron chi connectivity index (χ1n) is 4.51. The number of rotatable bonds is 2. The van der Waals surface area contributed by atoms with Gasteiger partial charge in [0.15, 0.2) is 12.3 Å². The number of esters is 1. The van der Waals surface area contributed by atoms with Crippen LogP contribution in [0.2, 0.25) is 0 Å². The molecule has 2 unspecified atom stereocenters. The fraction of sp³-hybridized carbons (Fsp3) is 0.556. The van der Waals surface area contributed by atoms with Gasteiger partial charge in [0.2, 0.25) is 0 Å². The normalized spacial score (nSPS) is 29.1. The molecule has 82 valence electrons. The lowest BCUT2D eigenvalue weighted by molar-refractivity contribution is -0.378. The molecule has 0 aromatic heterocycles. The van der Waals surface area contributed by atoms with Crippen LogP contribution in [0, 0.1) is 0 Å². The van der Waals surface area contributed by atoms with Gasteiger partial charge in [-0.2, -0.15) is 0 Å². The second-order valence-electron chi connectivity index (χ2n) is 3.42. The fourth-order valence-electron chi connectivity index (χ4n) is 1.59. The first-order chi connectivity index (χ1) is 7.13. The number of methoxy groups -OCH3 is 1. The maximum atomic E-state index is 11.7. The molecule has 3 heterocycles. The topological polar surface area (TPSA) is 65.1 Å². The molecule has 0 N–H and O–H groups in total. The van der Waals surface area contributed by atoms with Crippen LogP contribution in [0.3, 0.4) is 0 Å². The molecule has 1 amide bonds. The maximum absolute atomic E-state index is 11.7. The minimum Gasteiger partial charge on any atom is -0.468 e. The van der Waals surface area contributed by atoms with Gasteiger partial charge in [-0.1, -0.05) is 0 Å². The van der Waals surface area contributed by atoms with Gasteiger partial charge in [0, 0.05) is 0 Å². The van der Waals surface area contributed by atoms with Crippen molar-refractivity contribution in [1.29, 1.82) is 0 Å². The fourth-order valence-corrected chi connectivity index (χ4v) is 1.59. The van der Waals surface area contributed by atoms with Crippen molar-refractivity contribution in [2.45, 2.75) is 19.3 Å². The zero-order valence-electron chi connectivity index (χ0n) is 8.43. The molecule has 0 radical (unpaired) electrons. The third-order valence-corrected chi connectivity index (χ3v) is 2.39. The summed E-state index contributed by atoms with van der Waals surface area (Å²) in [5.74, 6) is -0.755. The van der Waals surface area contributed by atoms with Crippen LogP contribution < -0.4 is 0 Å². The van der Waals surface area contributed by atoms with Crippen molar-refractivity contribution in [2.24, 2.45) is 0 Å². The molecule has 0 saturated carbocycles. The summed E-state index contributed by atoms with van der Waals surface area (Å²) in [5.41, 5.74) is 0.856. The number of carbonyl (C=O) groups excluding carboxylic acids is 2. The van der Waals surface area contributed by atoms with Crippen LogP contribution in [-0.4, -0.2) is 42.8 Å². The molecule has 3 rings (SSSR count). The molecule has 2 atom stereocenters. The minimum atomic E-state index is -0.736. The lowest BCUT2D eigenvalue weighted by atomic mass is 10.1. The molecule has 0 spiro atoms. The largest absolute Gasteiger partial charge is 0.468 e. The summed E-state index contributed by atoms with van der Waals surface area (Å²) < 4.78 is 4.50. The second kappa shape index (κ2) is 3.63. The van der Waals surface area contributed by atoms with E-state index in [0.29, 0.717) is 0 Å². The Hall–Kier alpha value is -1.40. The molecule has 0 aromatic carbocycles. The molecule has 1 fully saturated rings. The summed E-state index contributed by atoms with van der Waals surface area (Å²) in [6.45, 7) is 1.70. The molecule has 2 bridgehead atoms. The molecule has 0 aliphatic carbocycles. The SMILES string of the molecule is COC(=O)CN1C(=O)C2C=C(C)C1OO2. The number of hydrogen-bond acceptors (Lipinski definition) is 5. The van der Waals surface area contributed by atoms with Crippen LogP contribution in [0.4, 0.5) is 0 Å². The highest BCUT2D eigenvalue weighted by molar-refractivity contribution is 5.88. The van der Waals surface area contributed by atoms with Crippen molar-refractivity contribution in [2.75, 3.05) is 13.7 Å². The zero-order chi connectivity index (χ0) is 11.0. The highest BCUT2D eigenvalue weighted by Gasteiger charge is 2.43. The van der Waals surface area contributed by atoms with Crippen molar-refractivity contribution in [3.8, 4) is 0 Å². The average molecular weight is 213 g/mol. The Morgan fingerprint density at radius 1 is 1.60 bits per heavy atom. The summed E-state index contributed by atoms with van der Waals surface area (Å²) in [5, 5.41) is 0. The summed E-state index contributed by atoms with van der Waals surface area (Å²) in [6, 6.07) is 0. The van der Waals surface area contributed by atoms with E-state index in [2.05, 4.69) is 4.74 Å². The Balaban J connectivity index is 2.16. The van der Waals surface area contributed by atoms with Crippen LogP contribution in [0.5, 0.6) is 0 Å². The predicted octanol–water partition coefficient (Wildman–Crippen LogP) is -0.396. The Morgan fingerprint density at radius 2 is 2.33 bits per heavy atom. The number of hydrogen-bond donors (Lipinski definition) is 0. The van der Waals surface area contributed by atoms with Gasteiger partial charge in [0.1, 0.15) is 6.54 Å². The van der Waals surface area contributed by atoms with Gasteiger partial charge in [-0.25, -0.2) is 9.78 Å². The van der Waals surface area contributed by atoms with E-state index in [-0.39, 0.29) is 12.5 Å². The van der Waals surface area contributed by atoms with E-state index < -0.39 is 18.3 Å². The molecule has 1 saturated heterocycles. The van der Waals surface area contributed by atoms with Gasteiger partial charge in [-0.15, -0.1) is 0 Å². The molecule has 3 aliphatic rings. The number of ether oxygens (including phenoxy) is 1. The lowest BCUT2D eigenvalue weighted by Crippen LogP contribution is -2.57. The minimum absolute atomic E-state index is 0.120. The Morgan fingerprint density at radius 3 is 2.93 bits per heavy atom. The van der Waals surface area contributed by atoms with Crippen LogP contribution in [0.1, 0.15) is 6.92 Å². The van der Waals surface area contributed by atoms with Gasteiger partial charge >= 0.3 is 5.97 Å². The van der Waals surface area contributed by atoms with E-state index in [1.807, 2.05) is 6.92 Å². The standard InChI is InChI=1S/C9H11NO5/c1-5-3-6-8(12)10(4-7(11)13-2)9(5)15-14-6/h3,6,9H,4H2,1-2H3. The van der Waals surface area contributed by atoms with Crippen molar-refractivity contribution in [1.82, 2.24) is 4.90 Å². The average Bonchev–Trinajstić information content (AvgIpc) is 2.23. The molecule has 15 heavy (non-hydrogen) atoms. The third kappa shape index (κ3) is 1.62. The summed E-state index contributed by atoms with van der Waals surface area (Å²) in [7, 11) is 1.27. The van der Waals surface area contributed by atoms with Crippen molar-refractivity contribution in [3.63, 3.8) is 0 Å². The predicted molar refractivity (Wildman–Crippen MR) is 47.2 cm³/mol. The quantitative estimate of drug-likeness (QED) is 0.355. The van der Waals surface area contributed by atoms with E-state index in [9.17, 15) is 9.59 Å². The summed E-state index contributed by atoms with van der Waals surface area (Å²) in [4.78, 5) is 33.8. The van der Waals surface area contributed by atoms with Crippen molar-refractivity contribution < 1.29 is 24.1 Å². The van der Waals surface area contributed by atoms with Gasteiger partial charge < -0.3 is 4.74 Å². The van der Waals surface area contributed by atoms with Crippen molar-refractivity contribution in [3.05, 3.63) is 11.6 Å². The Labute approximate surface area is 86.3 Å².